The number of nitrogens with zero attached hydrogens (tertiary/aromatic N) is 2. The Hall–Kier alpha value is -3.32. The van der Waals surface area contributed by atoms with Crippen molar-refractivity contribution in [3.63, 3.8) is 0 Å². The monoisotopic (exact) mass is 395 g/mol. The maximum atomic E-state index is 12.6. The van der Waals surface area contributed by atoms with Gasteiger partial charge in [0.25, 0.3) is 5.91 Å². The van der Waals surface area contributed by atoms with E-state index in [-0.39, 0.29) is 11.6 Å². The van der Waals surface area contributed by atoms with Crippen LogP contribution in [0.2, 0.25) is 0 Å². The lowest BCUT2D eigenvalue weighted by atomic mass is 10.1. The summed E-state index contributed by atoms with van der Waals surface area (Å²) in [5, 5.41) is 6.82. The SMILES string of the molecule is COc1ccc(OC)c(-c2cc(C(=O)NCc3ccccc3CN(C)C)no2)c1. The first-order chi connectivity index (χ1) is 14.0. The molecule has 0 fully saturated rings. The molecule has 0 saturated carbocycles. The molecule has 1 aromatic heterocycles. The summed E-state index contributed by atoms with van der Waals surface area (Å²) in [5.41, 5.74) is 3.09. The lowest BCUT2D eigenvalue weighted by molar-refractivity contribution is 0.0942. The minimum Gasteiger partial charge on any atom is -0.497 e. The van der Waals surface area contributed by atoms with E-state index < -0.39 is 0 Å². The summed E-state index contributed by atoms with van der Waals surface area (Å²) in [6, 6.07) is 15.0. The molecular formula is C22H25N3O4. The van der Waals surface area contributed by atoms with Gasteiger partial charge in [0.15, 0.2) is 11.5 Å². The zero-order chi connectivity index (χ0) is 20.8. The van der Waals surface area contributed by atoms with Gasteiger partial charge in [0, 0.05) is 19.2 Å². The van der Waals surface area contributed by atoms with Crippen molar-refractivity contribution in [2.24, 2.45) is 0 Å². The van der Waals surface area contributed by atoms with Crippen molar-refractivity contribution in [2.75, 3.05) is 28.3 Å². The maximum absolute atomic E-state index is 12.6. The van der Waals surface area contributed by atoms with Gasteiger partial charge in [-0.2, -0.15) is 0 Å². The molecule has 1 heterocycles. The summed E-state index contributed by atoms with van der Waals surface area (Å²) < 4.78 is 16.0. The quantitative estimate of drug-likeness (QED) is 0.630. The lowest BCUT2D eigenvalue weighted by Gasteiger charge is -2.14. The van der Waals surface area contributed by atoms with E-state index in [1.807, 2.05) is 32.3 Å². The van der Waals surface area contributed by atoms with Crippen LogP contribution in [0, 0.1) is 0 Å². The Morgan fingerprint density at radius 2 is 1.83 bits per heavy atom. The van der Waals surface area contributed by atoms with E-state index in [0.29, 0.717) is 29.4 Å². The van der Waals surface area contributed by atoms with Crippen molar-refractivity contribution >= 4 is 5.91 Å². The number of carbonyl (C=O) groups is 1. The average Bonchev–Trinajstić information content (AvgIpc) is 3.22. The van der Waals surface area contributed by atoms with Crippen LogP contribution in [0.25, 0.3) is 11.3 Å². The molecule has 1 amide bonds. The van der Waals surface area contributed by atoms with Crippen molar-refractivity contribution in [1.82, 2.24) is 15.4 Å². The third-order valence-corrected chi connectivity index (χ3v) is 4.46. The van der Waals surface area contributed by atoms with Gasteiger partial charge >= 0.3 is 0 Å². The number of carbonyl (C=O) groups excluding carboxylic acids is 1. The molecule has 0 aliphatic rings. The number of nitrogens with one attached hydrogen (secondary N) is 1. The molecule has 29 heavy (non-hydrogen) atoms. The highest BCUT2D eigenvalue weighted by Crippen LogP contribution is 2.33. The second-order valence-electron chi connectivity index (χ2n) is 6.83. The van der Waals surface area contributed by atoms with Crippen molar-refractivity contribution in [3.05, 3.63) is 65.4 Å². The van der Waals surface area contributed by atoms with Crippen LogP contribution < -0.4 is 14.8 Å². The predicted molar refractivity (Wildman–Crippen MR) is 110 cm³/mol. The number of benzene rings is 2. The van der Waals surface area contributed by atoms with Gasteiger partial charge in [-0.15, -0.1) is 0 Å². The summed E-state index contributed by atoms with van der Waals surface area (Å²) in [6.45, 7) is 1.21. The predicted octanol–water partition coefficient (Wildman–Crippen LogP) is 3.35. The van der Waals surface area contributed by atoms with Gasteiger partial charge in [-0.05, 0) is 43.4 Å². The van der Waals surface area contributed by atoms with E-state index in [1.54, 1.807) is 38.5 Å². The molecule has 0 bridgehead atoms. The molecule has 0 aliphatic heterocycles. The zero-order valence-corrected chi connectivity index (χ0v) is 17.1. The van der Waals surface area contributed by atoms with Crippen molar-refractivity contribution in [2.45, 2.75) is 13.1 Å². The Labute approximate surface area is 170 Å². The number of amides is 1. The largest absolute Gasteiger partial charge is 0.497 e. The smallest absolute Gasteiger partial charge is 0.273 e. The molecule has 0 aliphatic carbocycles. The minimum absolute atomic E-state index is 0.204. The Kier molecular flexibility index (Phi) is 6.51. The summed E-state index contributed by atoms with van der Waals surface area (Å²) in [6.07, 6.45) is 0. The first-order valence-electron chi connectivity index (χ1n) is 9.20. The van der Waals surface area contributed by atoms with E-state index in [0.717, 1.165) is 12.1 Å². The van der Waals surface area contributed by atoms with Gasteiger partial charge in [-0.3, -0.25) is 4.79 Å². The summed E-state index contributed by atoms with van der Waals surface area (Å²) in [5.74, 6) is 1.38. The number of aromatic nitrogens is 1. The molecule has 0 spiro atoms. The number of hydrogen-bond acceptors (Lipinski definition) is 6. The molecule has 0 atom stereocenters. The van der Waals surface area contributed by atoms with Gasteiger partial charge in [0.1, 0.15) is 11.5 Å². The van der Waals surface area contributed by atoms with Crippen LogP contribution in [-0.4, -0.2) is 44.3 Å². The highest BCUT2D eigenvalue weighted by atomic mass is 16.5. The zero-order valence-electron chi connectivity index (χ0n) is 17.1. The van der Waals surface area contributed by atoms with Crippen LogP contribution in [0.15, 0.2) is 53.1 Å². The summed E-state index contributed by atoms with van der Waals surface area (Å²) in [4.78, 5) is 14.7. The van der Waals surface area contributed by atoms with Crippen molar-refractivity contribution < 1.29 is 18.8 Å². The number of ether oxygens (including phenoxy) is 2. The standard InChI is InChI=1S/C22H25N3O4/c1-25(2)14-16-8-6-5-7-15(16)13-23-22(26)19-12-21(29-24-19)18-11-17(27-3)9-10-20(18)28-4/h5-12H,13-14H2,1-4H3,(H,23,26). The summed E-state index contributed by atoms with van der Waals surface area (Å²) in [7, 11) is 7.18. The Bertz CT molecular complexity index is 982. The fraction of sp³-hybridized carbons (Fsp3) is 0.273. The first kappa shape index (κ1) is 20.4. The maximum Gasteiger partial charge on any atom is 0.273 e. The minimum atomic E-state index is -0.304. The fourth-order valence-electron chi connectivity index (χ4n) is 3.01. The molecule has 2 aromatic carbocycles. The summed E-state index contributed by atoms with van der Waals surface area (Å²) >= 11 is 0. The topological polar surface area (TPSA) is 76.8 Å². The van der Waals surface area contributed by atoms with Crippen LogP contribution in [0.3, 0.4) is 0 Å². The average molecular weight is 395 g/mol. The van der Waals surface area contributed by atoms with Gasteiger partial charge < -0.3 is 24.2 Å². The molecular weight excluding hydrogens is 370 g/mol. The fourth-order valence-corrected chi connectivity index (χ4v) is 3.01. The van der Waals surface area contributed by atoms with Crippen molar-refractivity contribution in [1.29, 1.82) is 0 Å². The number of rotatable bonds is 8. The van der Waals surface area contributed by atoms with Crippen LogP contribution in [-0.2, 0) is 13.1 Å². The highest BCUT2D eigenvalue weighted by Gasteiger charge is 2.17. The van der Waals surface area contributed by atoms with Crippen LogP contribution in [0.5, 0.6) is 11.5 Å². The Balaban J connectivity index is 1.74. The van der Waals surface area contributed by atoms with Gasteiger partial charge in [-0.1, -0.05) is 29.4 Å². The molecule has 7 nitrogen and oxygen atoms in total. The lowest BCUT2D eigenvalue weighted by Crippen LogP contribution is -2.24. The Morgan fingerprint density at radius 1 is 1.07 bits per heavy atom. The second-order valence-corrected chi connectivity index (χ2v) is 6.83. The van der Waals surface area contributed by atoms with Gasteiger partial charge in [-0.25, -0.2) is 0 Å². The molecule has 0 radical (unpaired) electrons. The molecule has 152 valence electrons. The molecule has 1 N–H and O–H groups in total. The third-order valence-electron chi connectivity index (χ3n) is 4.46. The van der Waals surface area contributed by atoms with E-state index in [2.05, 4.69) is 21.4 Å². The normalized spacial score (nSPS) is 10.8. The van der Waals surface area contributed by atoms with E-state index in [1.165, 1.54) is 5.56 Å². The first-order valence-corrected chi connectivity index (χ1v) is 9.20. The molecule has 3 rings (SSSR count). The van der Waals surface area contributed by atoms with E-state index in [9.17, 15) is 4.79 Å². The molecule has 7 heteroatoms. The highest BCUT2D eigenvalue weighted by molar-refractivity contribution is 5.93. The van der Waals surface area contributed by atoms with Crippen LogP contribution in [0.4, 0.5) is 0 Å². The molecule has 0 saturated heterocycles. The van der Waals surface area contributed by atoms with Gasteiger partial charge in [0.05, 0.1) is 19.8 Å². The molecule has 0 unspecified atom stereocenters. The third kappa shape index (κ3) is 4.94. The van der Waals surface area contributed by atoms with Crippen LogP contribution in [0.1, 0.15) is 21.6 Å². The van der Waals surface area contributed by atoms with Crippen LogP contribution >= 0.6 is 0 Å². The van der Waals surface area contributed by atoms with Crippen molar-refractivity contribution in [3.8, 4) is 22.8 Å². The van der Waals surface area contributed by atoms with Gasteiger partial charge in [0.2, 0.25) is 0 Å². The second kappa shape index (κ2) is 9.25. The van der Waals surface area contributed by atoms with E-state index >= 15 is 0 Å². The Morgan fingerprint density at radius 3 is 2.52 bits per heavy atom. The number of methoxy groups -OCH3 is 2. The van der Waals surface area contributed by atoms with E-state index in [4.69, 9.17) is 14.0 Å². The molecule has 3 aromatic rings. The number of hydrogen-bond donors (Lipinski definition) is 1.